The summed E-state index contributed by atoms with van der Waals surface area (Å²) in [4.78, 5) is 31.7. The van der Waals surface area contributed by atoms with Crippen LogP contribution < -0.4 is 5.73 Å². The van der Waals surface area contributed by atoms with E-state index in [-0.39, 0.29) is 23.8 Å². The van der Waals surface area contributed by atoms with Gasteiger partial charge in [-0.2, -0.15) is 0 Å². The number of nitrogens with zero attached hydrogens (tertiary/aromatic N) is 2. The number of anilines is 1. The van der Waals surface area contributed by atoms with Gasteiger partial charge in [0.2, 0.25) is 5.95 Å². The number of hydrogen-bond donors (Lipinski definition) is 1. The van der Waals surface area contributed by atoms with Gasteiger partial charge < -0.3 is 10.5 Å². The van der Waals surface area contributed by atoms with E-state index in [4.69, 9.17) is 10.5 Å². The van der Waals surface area contributed by atoms with Crippen molar-refractivity contribution in [2.45, 2.75) is 39.2 Å². The number of hydrogen-bond acceptors (Lipinski definition) is 6. The van der Waals surface area contributed by atoms with Gasteiger partial charge in [0.05, 0.1) is 0 Å². The molecule has 1 saturated heterocycles. The maximum atomic E-state index is 12.0. The summed E-state index contributed by atoms with van der Waals surface area (Å²) in [6.07, 6.45) is 4.22. The lowest BCUT2D eigenvalue weighted by atomic mass is 9.88. The predicted molar refractivity (Wildman–Crippen MR) is 72.6 cm³/mol. The first-order chi connectivity index (χ1) is 9.47. The molecule has 0 spiro atoms. The second kappa shape index (κ2) is 5.98. The minimum Gasteiger partial charge on any atom is -0.461 e. The average molecular weight is 277 g/mol. The fourth-order valence-corrected chi connectivity index (χ4v) is 2.20. The van der Waals surface area contributed by atoms with E-state index in [1.54, 1.807) is 12.4 Å². The van der Waals surface area contributed by atoms with Crippen LogP contribution in [0.1, 0.15) is 32.3 Å². The molecule has 1 fully saturated rings. The summed E-state index contributed by atoms with van der Waals surface area (Å²) in [5, 5.41) is 0. The molecule has 1 aromatic heterocycles. The molecule has 0 radical (unpaired) electrons. The highest BCUT2D eigenvalue weighted by atomic mass is 16.5. The van der Waals surface area contributed by atoms with Crippen molar-refractivity contribution >= 4 is 17.7 Å². The molecule has 2 N–H and O–H groups in total. The third kappa shape index (κ3) is 3.31. The topological polar surface area (TPSA) is 95.2 Å². The normalized spacial score (nSPS) is 22.9. The van der Waals surface area contributed by atoms with Crippen molar-refractivity contribution in [1.82, 2.24) is 9.97 Å². The summed E-state index contributed by atoms with van der Waals surface area (Å²) < 4.78 is 5.33. The van der Waals surface area contributed by atoms with E-state index >= 15 is 0 Å². The first-order valence-electron chi connectivity index (χ1n) is 6.77. The van der Waals surface area contributed by atoms with Crippen molar-refractivity contribution < 1.29 is 14.3 Å². The van der Waals surface area contributed by atoms with Crippen molar-refractivity contribution in [3.8, 4) is 0 Å². The number of Topliss-reactive ketones (excluding diaryl/α,β-unsaturated/α-hetero) is 1. The monoisotopic (exact) mass is 277 g/mol. The van der Waals surface area contributed by atoms with Gasteiger partial charge in [-0.05, 0) is 24.3 Å². The molecular weight excluding hydrogens is 258 g/mol. The smallest absolute Gasteiger partial charge is 0.316 e. The van der Waals surface area contributed by atoms with Gasteiger partial charge in [0.15, 0.2) is 5.78 Å². The number of carbonyl (C=O) groups excluding carboxylic acids is 2. The third-order valence-electron chi connectivity index (χ3n) is 3.53. The van der Waals surface area contributed by atoms with Crippen LogP contribution in [0, 0.1) is 11.8 Å². The molecule has 6 heteroatoms. The molecule has 2 atom stereocenters. The zero-order valence-corrected chi connectivity index (χ0v) is 11.7. The van der Waals surface area contributed by atoms with E-state index in [1.165, 1.54) is 0 Å². The number of carbonyl (C=O) groups is 2. The quantitative estimate of drug-likeness (QED) is 0.655. The van der Waals surface area contributed by atoms with E-state index in [0.29, 0.717) is 19.3 Å². The number of ketones is 1. The number of ether oxygens (including phenoxy) is 1. The van der Waals surface area contributed by atoms with E-state index < -0.39 is 11.9 Å². The number of nitrogen functional groups attached to an aromatic ring is 1. The molecule has 108 valence electrons. The Labute approximate surface area is 117 Å². The zero-order chi connectivity index (χ0) is 14.7. The van der Waals surface area contributed by atoms with Gasteiger partial charge in [0.25, 0.3) is 0 Å². The molecule has 0 amide bonds. The van der Waals surface area contributed by atoms with E-state index in [1.807, 2.05) is 13.8 Å². The maximum Gasteiger partial charge on any atom is 0.316 e. The molecule has 1 aliphatic heterocycles. The largest absolute Gasteiger partial charge is 0.461 e. The lowest BCUT2D eigenvalue weighted by molar-refractivity contribution is -0.167. The molecule has 1 aromatic rings. The summed E-state index contributed by atoms with van der Waals surface area (Å²) >= 11 is 0. The van der Waals surface area contributed by atoms with Crippen LogP contribution >= 0.6 is 0 Å². The fourth-order valence-electron chi connectivity index (χ4n) is 2.20. The molecule has 2 heterocycles. The Morgan fingerprint density at radius 2 is 2.00 bits per heavy atom. The number of rotatable bonds is 4. The average Bonchev–Trinajstić information content (AvgIpc) is 2.39. The fraction of sp³-hybridized carbons (Fsp3) is 0.571. The lowest BCUT2D eigenvalue weighted by Crippen LogP contribution is -2.40. The van der Waals surface area contributed by atoms with Crippen molar-refractivity contribution in [3.63, 3.8) is 0 Å². The lowest BCUT2D eigenvalue weighted by Gasteiger charge is -2.29. The highest BCUT2D eigenvalue weighted by Crippen LogP contribution is 2.25. The second-order valence-electron chi connectivity index (χ2n) is 5.43. The summed E-state index contributed by atoms with van der Waals surface area (Å²) in [6.45, 7) is 3.88. The zero-order valence-electron chi connectivity index (χ0n) is 11.7. The van der Waals surface area contributed by atoms with Crippen LogP contribution in [0.2, 0.25) is 0 Å². The third-order valence-corrected chi connectivity index (χ3v) is 3.53. The van der Waals surface area contributed by atoms with Gasteiger partial charge in [0.1, 0.15) is 12.0 Å². The summed E-state index contributed by atoms with van der Waals surface area (Å²) in [6, 6.07) is 0. The highest BCUT2D eigenvalue weighted by molar-refractivity contribution is 6.01. The van der Waals surface area contributed by atoms with Crippen LogP contribution in [0.25, 0.3) is 0 Å². The van der Waals surface area contributed by atoms with Gasteiger partial charge in [-0.1, -0.05) is 13.8 Å². The minimum atomic E-state index is -0.664. The second-order valence-corrected chi connectivity index (χ2v) is 5.43. The Kier molecular flexibility index (Phi) is 4.32. The number of aromatic nitrogens is 2. The highest BCUT2D eigenvalue weighted by Gasteiger charge is 2.37. The Bertz CT molecular complexity index is 481. The molecule has 1 aliphatic rings. The minimum absolute atomic E-state index is 0.0312. The van der Waals surface area contributed by atoms with Crippen molar-refractivity contribution in [2.75, 3.05) is 5.73 Å². The molecule has 0 bridgehead atoms. The SMILES string of the molecule is CC(C)C1CC(=O)C(CCc2cnc(N)nc2)C(=O)O1. The van der Waals surface area contributed by atoms with Crippen LogP contribution in [-0.2, 0) is 20.7 Å². The molecular formula is C14H19N3O3. The van der Waals surface area contributed by atoms with E-state index in [0.717, 1.165) is 5.56 Å². The number of cyclic esters (lactones) is 1. The van der Waals surface area contributed by atoms with Crippen LogP contribution in [0.3, 0.4) is 0 Å². The Hall–Kier alpha value is -1.98. The Morgan fingerprint density at radius 3 is 2.55 bits per heavy atom. The van der Waals surface area contributed by atoms with Crippen LogP contribution in [-0.4, -0.2) is 27.8 Å². The summed E-state index contributed by atoms with van der Waals surface area (Å²) in [5.41, 5.74) is 6.26. The molecule has 2 unspecified atom stereocenters. The molecule has 2 rings (SSSR count). The molecule has 0 aromatic carbocycles. The summed E-state index contributed by atoms with van der Waals surface area (Å²) in [7, 11) is 0. The van der Waals surface area contributed by atoms with Gasteiger partial charge >= 0.3 is 5.97 Å². The first kappa shape index (κ1) is 14.4. The molecule has 6 nitrogen and oxygen atoms in total. The van der Waals surface area contributed by atoms with Crippen molar-refractivity contribution in [3.05, 3.63) is 18.0 Å². The first-order valence-corrected chi connectivity index (χ1v) is 6.77. The van der Waals surface area contributed by atoms with E-state index in [2.05, 4.69) is 9.97 Å². The molecule has 20 heavy (non-hydrogen) atoms. The molecule has 0 saturated carbocycles. The molecule has 0 aliphatic carbocycles. The number of esters is 1. The Balaban J connectivity index is 1.94. The summed E-state index contributed by atoms with van der Waals surface area (Å²) in [5.74, 6) is -0.730. The van der Waals surface area contributed by atoms with Gasteiger partial charge in [-0.15, -0.1) is 0 Å². The van der Waals surface area contributed by atoms with Crippen molar-refractivity contribution in [1.29, 1.82) is 0 Å². The van der Waals surface area contributed by atoms with Crippen LogP contribution in [0.4, 0.5) is 5.95 Å². The number of aryl methyl sites for hydroxylation is 1. The van der Waals surface area contributed by atoms with E-state index in [9.17, 15) is 9.59 Å². The standard InChI is InChI=1S/C14H19N3O3/c1-8(2)12-5-11(18)10(13(19)20-12)4-3-9-6-16-14(15)17-7-9/h6-8,10,12H,3-5H2,1-2H3,(H2,15,16,17). The van der Waals surface area contributed by atoms with Crippen molar-refractivity contribution in [2.24, 2.45) is 11.8 Å². The van der Waals surface area contributed by atoms with Crippen LogP contribution in [0.5, 0.6) is 0 Å². The van der Waals surface area contributed by atoms with Crippen LogP contribution in [0.15, 0.2) is 12.4 Å². The predicted octanol–water partition coefficient (Wildman–Crippen LogP) is 1.15. The van der Waals surface area contributed by atoms with Gasteiger partial charge in [0, 0.05) is 18.8 Å². The number of nitrogens with two attached hydrogens (primary N) is 1. The maximum absolute atomic E-state index is 12.0. The van der Waals surface area contributed by atoms with Gasteiger partial charge in [-0.25, -0.2) is 9.97 Å². The Morgan fingerprint density at radius 1 is 1.35 bits per heavy atom. The van der Waals surface area contributed by atoms with Gasteiger partial charge in [-0.3, -0.25) is 9.59 Å².